The molecule has 0 aromatic carbocycles. The molecule has 1 unspecified atom stereocenters. The van der Waals surface area contributed by atoms with Crippen LogP contribution >= 0.6 is 0 Å². The summed E-state index contributed by atoms with van der Waals surface area (Å²) >= 11 is 0. The number of hydrogen-bond acceptors (Lipinski definition) is 3. The van der Waals surface area contributed by atoms with Gasteiger partial charge in [-0.3, -0.25) is 4.98 Å². The van der Waals surface area contributed by atoms with E-state index in [2.05, 4.69) is 17.2 Å². The fraction of sp³-hybridized carbons (Fsp3) is 0.308. The van der Waals surface area contributed by atoms with Gasteiger partial charge >= 0.3 is 0 Å². The Bertz CT molecular complexity index is 459. The second kappa shape index (κ2) is 4.39. The van der Waals surface area contributed by atoms with Gasteiger partial charge in [-0.1, -0.05) is 0 Å². The highest BCUT2D eigenvalue weighted by Crippen LogP contribution is 2.22. The van der Waals surface area contributed by atoms with Crippen molar-refractivity contribution in [2.24, 2.45) is 0 Å². The summed E-state index contributed by atoms with van der Waals surface area (Å²) in [5, 5.41) is 3.36. The van der Waals surface area contributed by atoms with Gasteiger partial charge in [0.05, 0.1) is 24.2 Å². The molecule has 0 aliphatic heterocycles. The number of pyridine rings is 1. The van der Waals surface area contributed by atoms with Crippen LogP contribution in [0.3, 0.4) is 0 Å². The first-order valence-corrected chi connectivity index (χ1v) is 5.40. The van der Waals surface area contributed by atoms with Gasteiger partial charge in [0.1, 0.15) is 5.76 Å². The minimum Gasteiger partial charge on any atom is -0.467 e. The molecule has 16 heavy (non-hydrogen) atoms. The molecule has 0 aliphatic carbocycles. The number of anilines is 1. The van der Waals surface area contributed by atoms with Crippen LogP contribution in [0.4, 0.5) is 5.69 Å². The zero-order chi connectivity index (χ0) is 11.5. The van der Waals surface area contributed by atoms with Crippen molar-refractivity contribution in [1.29, 1.82) is 0 Å². The molecule has 0 saturated carbocycles. The van der Waals surface area contributed by atoms with Crippen molar-refractivity contribution < 1.29 is 4.42 Å². The van der Waals surface area contributed by atoms with Gasteiger partial charge in [0.25, 0.3) is 0 Å². The molecular weight excluding hydrogens is 200 g/mol. The zero-order valence-corrected chi connectivity index (χ0v) is 9.82. The van der Waals surface area contributed by atoms with E-state index in [9.17, 15) is 0 Å². The van der Waals surface area contributed by atoms with Crippen molar-refractivity contribution in [3.05, 3.63) is 47.7 Å². The molecular formula is C13H16N2O. The minimum atomic E-state index is 0.152. The van der Waals surface area contributed by atoms with Gasteiger partial charge in [0.2, 0.25) is 0 Å². The lowest BCUT2D eigenvalue weighted by Crippen LogP contribution is -2.07. The number of hydrogen-bond donors (Lipinski definition) is 1. The predicted octanol–water partition coefficient (Wildman–Crippen LogP) is 3.46. The van der Waals surface area contributed by atoms with Crippen molar-refractivity contribution in [3.63, 3.8) is 0 Å². The third kappa shape index (κ3) is 2.24. The molecule has 0 radical (unpaired) electrons. The number of rotatable bonds is 3. The molecule has 0 amide bonds. The summed E-state index contributed by atoms with van der Waals surface area (Å²) in [4.78, 5) is 4.24. The lowest BCUT2D eigenvalue weighted by atomic mass is 10.1. The molecule has 0 fully saturated rings. The molecule has 2 rings (SSSR count). The SMILES string of the molecule is Cc1ccc(NC(C)c2occc2C)cn1. The van der Waals surface area contributed by atoms with Crippen LogP contribution < -0.4 is 5.32 Å². The fourth-order valence-corrected chi connectivity index (χ4v) is 1.70. The van der Waals surface area contributed by atoms with E-state index in [1.807, 2.05) is 38.2 Å². The largest absolute Gasteiger partial charge is 0.467 e. The molecule has 2 aromatic heterocycles. The van der Waals surface area contributed by atoms with E-state index in [1.54, 1.807) is 6.26 Å². The highest BCUT2D eigenvalue weighted by Gasteiger charge is 2.11. The molecule has 0 bridgehead atoms. The van der Waals surface area contributed by atoms with Crippen LogP contribution in [0, 0.1) is 13.8 Å². The predicted molar refractivity (Wildman–Crippen MR) is 64.5 cm³/mol. The maximum atomic E-state index is 5.44. The summed E-state index contributed by atoms with van der Waals surface area (Å²) in [6.45, 7) is 6.10. The van der Waals surface area contributed by atoms with Gasteiger partial charge in [-0.15, -0.1) is 0 Å². The van der Waals surface area contributed by atoms with Crippen LogP contribution in [0.2, 0.25) is 0 Å². The number of nitrogens with zero attached hydrogens (tertiary/aromatic N) is 1. The number of aryl methyl sites for hydroxylation is 2. The second-order valence-electron chi connectivity index (χ2n) is 4.02. The van der Waals surface area contributed by atoms with Gasteiger partial charge in [0.15, 0.2) is 0 Å². The molecule has 0 aliphatic rings. The molecule has 0 saturated heterocycles. The summed E-state index contributed by atoms with van der Waals surface area (Å²) in [6.07, 6.45) is 3.56. The van der Waals surface area contributed by atoms with Crippen molar-refractivity contribution in [2.45, 2.75) is 26.8 Å². The highest BCUT2D eigenvalue weighted by molar-refractivity contribution is 5.43. The Hall–Kier alpha value is -1.77. The lowest BCUT2D eigenvalue weighted by molar-refractivity contribution is 0.487. The summed E-state index contributed by atoms with van der Waals surface area (Å²) in [5.41, 5.74) is 3.20. The second-order valence-corrected chi connectivity index (χ2v) is 4.02. The first kappa shape index (κ1) is 10.7. The Morgan fingerprint density at radius 2 is 2.06 bits per heavy atom. The van der Waals surface area contributed by atoms with Gasteiger partial charge in [-0.25, -0.2) is 0 Å². The summed E-state index contributed by atoms with van der Waals surface area (Å²) in [5.74, 6) is 0.973. The van der Waals surface area contributed by atoms with Crippen LogP contribution in [0.15, 0.2) is 35.1 Å². The highest BCUT2D eigenvalue weighted by atomic mass is 16.3. The zero-order valence-electron chi connectivity index (χ0n) is 9.82. The van der Waals surface area contributed by atoms with Crippen molar-refractivity contribution in [2.75, 3.05) is 5.32 Å². The first-order chi connectivity index (χ1) is 7.66. The molecule has 1 atom stereocenters. The monoisotopic (exact) mass is 216 g/mol. The topological polar surface area (TPSA) is 38.1 Å². The average molecular weight is 216 g/mol. The summed E-state index contributed by atoms with van der Waals surface area (Å²) in [7, 11) is 0. The first-order valence-electron chi connectivity index (χ1n) is 5.40. The Morgan fingerprint density at radius 3 is 2.62 bits per heavy atom. The molecule has 3 heteroatoms. The van der Waals surface area contributed by atoms with E-state index in [4.69, 9.17) is 4.42 Å². The molecule has 0 spiro atoms. The number of aromatic nitrogens is 1. The Morgan fingerprint density at radius 1 is 1.25 bits per heavy atom. The number of nitrogens with one attached hydrogen (secondary N) is 1. The molecule has 1 N–H and O–H groups in total. The van der Waals surface area contributed by atoms with Gasteiger partial charge in [0, 0.05) is 5.69 Å². The maximum Gasteiger partial charge on any atom is 0.128 e. The van der Waals surface area contributed by atoms with Gasteiger partial charge < -0.3 is 9.73 Å². The Labute approximate surface area is 95.5 Å². The molecule has 2 aromatic rings. The Kier molecular flexibility index (Phi) is 2.95. The van der Waals surface area contributed by atoms with Gasteiger partial charge in [-0.2, -0.15) is 0 Å². The van der Waals surface area contributed by atoms with Crippen molar-refractivity contribution >= 4 is 5.69 Å². The number of furan rings is 1. The molecule has 84 valence electrons. The third-order valence-corrected chi connectivity index (χ3v) is 2.59. The van der Waals surface area contributed by atoms with Crippen LogP contribution in [-0.2, 0) is 0 Å². The van der Waals surface area contributed by atoms with E-state index in [-0.39, 0.29) is 6.04 Å². The lowest BCUT2D eigenvalue weighted by Gasteiger charge is -2.13. The average Bonchev–Trinajstić information content (AvgIpc) is 2.68. The van der Waals surface area contributed by atoms with E-state index in [0.29, 0.717) is 0 Å². The maximum absolute atomic E-state index is 5.44. The van der Waals surface area contributed by atoms with E-state index < -0.39 is 0 Å². The van der Waals surface area contributed by atoms with Gasteiger partial charge in [-0.05, 0) is 44.5 Å². The fourth-order valence-electron chi connectivity index (χ4n) is 1.70. The van der Waals surface area contributed by atoms with E-state index in [1.165, 1.54) is 5.56 Å². The smallest absolute Gasteiger partial charge is 0.128 e. The normalized spacial score (nSPS) is 12.4. The molecule has 2 heterocycles. The minimum absolute atomic E-state index is 0.152. The van der Waals surface area contributed by atoms with Crippen LogP contribution in [0.25, 0.3) is 0 Å². The van der Waals surface area contributed by atoms with Crippen LogP contribution in [-0.4, -0.2) is 4.98 Å². The van der Waals surface area contributed by atoms with Crippen LogP contribution in [0.1, 0.15) is 30.0 Å². The van der Waals surface area contributed by atoms with Crippen molar-refractivity contribution in [3.8, 4) is 0 Å². The van der Waals surface area contributed by atoms with Crippen LogP contribution in [0.5, 0.6) is 0 Å². The standard InChI is InChI=1S/C13H16N2O/c1-9-6-7-16-13(9)11(3)15-12-5-4-10(2)14-8-12/h4-8,11,15H,1-3H3. The summed E-state index contributed by atoms with van der Waals surface area (Å²) in [6, 6.07) is 6.14. The Balaban J connectivity index is 2.10. The van der Waals surface area contributed by atoms with E-state index >= 15 is 0 Å². The molecule has 3 nitrogen and oxygen atoms in total. The third-order valence-electron chi connectivity index (χ3n) is 2.59. The summed E-state index contributed by atoms with van der Waals surface area (Å²) < 4.78 is 5.44. The quantitative estimate of drug-likeness (QED) is 0.853. The van der Waals surface area contributed by atoms with E-state index in [0.717, 1.165) is 17.1 Å². The van der Waals surface area contributed by atoms with Crippen molar-refractivity contribution in [1.82, 2.24) is 4.98 Å².